The second-order valence-electron chi connectivity index (χ2n) is 0.481. The molecular formula is H3CaClMgO3PSi+. The molecule has 0 fully saturated rings. The first kappa shape index (κ1) is 22.4. The van der Waals surface area contributed by atoms with Gasteiger partial charge in [0, 0.05) is 0 Å². The minimum absolute atomic E-state index is 0. The van der Waals surface area contributed by atoms with E-state index in [-0.39, 0.29) is 70.7 Å². The molecule has 0 aromatic rings. The Bertz CT molecular complexity index is 34.8. The third-order valence-electron chi connectivity index (χ3n) is 0. The Morgan fingerprint density at radius 3 is 1.12 bits per heavy atom. The van der Waals surface area contributed by atoms with Crippen LogP contribution in [0.25, 0.3) is 0 Å². The van der Waals surface area contributed by atoms with E-state index in [9.17, 15) is 0 Å². The molecule has 0 aromatic carbocycles. The van der Waals surface area contributed by atoms with E-state index in [1.54, 1.807) is 0 Å². The second kappa shape index (κ2) is 9.84. The molecule has 0 saturated heterocycles. The molecule has 0 N–H and O–H groups in total. The molecule has 3 nitrogen and oxygen atoms in total. The van der Waals surface area contributed by atoms with Gasteiger partial charge in [-0.2, -0.15) is 18.0 Å². The van der Waals surface area contributed by atoms with Crippen molar-refractivity contribution < 1.29 is 14.4 Å². The summed E-state index contributed by atoms with van der Waals surface area (Å²) in [5.74, 6) is 0. The summed E-state index contributed by atoms with van der Waals surface area (Å²) in [7, 11) is -4.89. The molecule has 8 heteroatoms. The van der Waals surface area contributed by atoms with Crippen LogP contribution in [0.2, 0.25) is 0 Å². The molecule has 0 aliphatic carbocycles. The van der Waals surface area contributed by atoms with Crippen LogP contribution in [0.1, 0.15) is 0 Å². The van der Waals surface area contributed by atoms with E-state index < -0.39 is 8.11 Å². The molecule has 40 valence electrons. The van der Waals surface area contributed by atoms with Crippen molar-refractivity contribution >= 4 is 89.9 Å². The zero-order valence-electron chi connectivity index (χ0n) is 4.22. The van der Waals surface area contributed by atoms with Crippen molar-refractivity contribution in [1.82, 2.24) is 0 Å². The zero-order chi connectivity index (χ0) is 4.50. The molecule has 0 radical (unpaired) electrons. The van der Waals surface area contributed by atoms with Gasteiger partial charge in [-0.3, -0.25) is 0 Å². The Kier molecular flexibility index (Phi) is 27.6. The van der Waals surface area contributed by atoms with Gasteiger partial charge in [0.25, 0.3) is 0 Å². The SMILES string of the molecule is P.[Ca+2].[Mg+2].[O-][Si]([O-])([O-])Cl. The summed E-state index contributed by atoms with van der Waals surface area (Å²) in [5, 5.41) is 0. The fourth-order valence-corrected chi connectivity index (χ4v) is 0. The maximum Gasteiger partial charge on any atom is 2.00 e. The number of halogens is 1. The van der Waals surface area contributed by atoms with Crippen molar-refractivity contribution in [2.45, 2.75) is 0 Å². The summed E-state index contributed by atoms with van der Waals surface area (Å²) in [6.45, 7) is 0. The van der Waals surface area contributed by atoms with E-state index in [1.807, 2.05) is 0 Å². The molecule has 0 spiro atoms. The standard InChI is InChI=1S/Ca.ClO3Si.Mg.H3P/c;1-5(2,3)4;;/h;;;1H3/q+2;-3;+2;. The smallest absolute Gasteiger partial charge is 0.870 e. The summed E-state index contributed by atoms with van der Waals surface area (Å²) < 4.78 is 0. The predicted octanol–water partition coefficient (Wildman–Crippen LogP) is -3.96. The molecule has 8 heavy (non-hydrogen) atoms. The molecule has 1 atom stereocenters. The summed E-state index contributed by atoms with van der Waals surface area (Å²) in [5.41, 5.74) is 0. The maximum atomic E-state index is 8.90. The van der Waals surface area contributed by atoms with Gasteiger partial charge in [0.1, 0.15) is 0 Å². The first-order valence-corrected chi connectivity index (χ1v) is 3.54. The molecule has 0 rings (SSSR count). The molecular weight excluding hydrogens is 207 g/mol. The van der Waals surface area contributed by atoms with Crippen molar-refractivity contribution in [2.24, 2.45) is 0 Å². The fourth-order valence-electron chi connectivity index (χ4n) is 0. The average Bonchev–Trinajstić information content (AvgIpc) is 0.722. The van der Waals surface area contributed by atoms with Crippen LogP contribution in [-0.2, 0) is 0 Å². The Labute approximate surface area is 103 Å². The Hall–Kier alpha value is 2.84. The third kappa shape index (κ3) is 67.3. The minimum Gasteiger partial charge on any atom is -0.870 e. The molecule has 0 heterocycles. The topological polar surface area (TPSA) is 69.2 Å². The van der Waals surface area contributed by atoms with Gasteiger partial charge in [-0.1, -0.05) is 0 Å². The summed E-state index contributed by atoms with van der Waals surface area (Å²) in [4.78, 5) is 26.7. The molecule has 0 saturated carbocycles. The van der Waals surface area contributed by atoms with Crippen LogP contribution in [0.15, 0.2) is 0 Å². The number of hydrogen-bond donors (Lipinski definition) is 0. The van der Waals surface area contributed by atoms with Crippen molar-refractivity contribution in [3.05, 3.63) is 0 Å². The molecule has 0 aliphatic heterocycles. The first-order valence-electron chi connectivity index (χ1n) is 0.801. The number of rotatable bonds is 0. The van der Waals surface area contributed by atoms with Gasteiger partial charge in [0.15, 0.2) is 0 Å². The van der Waals surface area contributed by atoms with Gasteiger partial charge >= 0.3 is 60.8 Å². The van der Waals surface area contributed by atoms with Crippen LogP contribution in [0.5, 0.6) is 0 Å². The van der Waals surface area contributed by atoms with Crippen LogP contribution in [0.4, 0.5) is 0 Å². The van der Waals surface area contributed by atoms with Gasteiger partial charge in [-0.05, 0) is 0 Å². The van der Waals surface area contributed by atoms with Crippen LogP contribution in [-0.4, -0.2) is 68.9 Å². The van der Waals surface area contributed by atoms with Crippen LogP contribution in [0, 0.1) is 0 Å². The molecule has 1 unspecified atom stereocenters. The Morgan fingerprint density at radius 2 is 1.12 bits per heavy atom. The first-order chi connectivity index (χ1) is 2.00. The minimum atomic E-state index is -4.89. The largest absolute Gasteiger partial charge is 2.00 e. The van der Waals surface area contributed by atoms with E-state index in [2.05, 4.69) is 11.1 Å². The van der Waals surface area contributed by atoms with Crippen LogP contribution >= 0.6 is 21.0 Å². The Morgan fingerprint density at radius 1 is 1.12 bits per heavy atom. The van der Waals surface area contributed by atoms with Gasteiger partial charge in [-0.25, -0.2) is 11.1 Å². The summed E-state index contributed by atoms with van der Waals surface area (Å²) in [6.07, 6.45) is 0. The van der Waals surface area contributed by atoms with Crippen molar-refractivity contribution in [3.63, 3.8) is 0 Å². The normalized spacial score (nSPS) is 7.50. The van der Waals surface area contributed by atoms with Gasteiger partial charge in [0.05, 0.1) is 0 Å². The van der Waals surface area contributed by atoms with Crippen LogP contribution < -0.4 is 14.4 Å². The van der Waals surface area contributed by atoms with Crippen molar-refractivity contribution in [3.8, 4) is 0 Å². The van der Waals surface area contributed by atoms with Crippen molar-refractivity contribution in [1.29, 1.82) is 0 Å². The van der Waals surface area contributed by atoms with Crippen LogP contribution in [0.3, 0.4) is 0 Å². The van der Waals surface area contributed by atoms with E-state index >= 15 is 0 Å². The van der Waals surface area contributed by atoms with Gasteiger partial charge < -0.3 is 14.4 Å². The predicted molar refractivity (Wildman–Crippen MR) is 34.2 cm³/mol. The quantitative estimate of drug-likeness (QED) is 0.232. The monoisotopic (exact) mass is 209 g/mol. The summed E-state index contributed by atoms with van der Waals surface area (Å²) >= 11 is 4.00. The van der Waals surface area contributed by atoms with E-state index in [4.69, 9.17) is 14.4 Å². The molecule has 0 amide bonds. The number of hydrogen-bond acceptors (Lipinski definition) is 3. The molecule has 0 aliphatic rings. The second-order valence-corrected chi connectivity index (χ2v) is 2.83. The summed E-state index contributed by atoms with van der Waals surface area (Å²) in [6, 6.07) is 0. The van der Waals surface area contributed by atoms with Gasteiger partial charge in [-0.15, -0.1) is 0 Å². The zero-order valence-corrected chi connectivity index (χ0v) is 11.0. The van der Waals surface area contributed by atoms with Gasteiger partial charge in [0.2, 0.25) is 0 Å². The fraction of sp³-hybridized carbons (Fsp3) is 0. The molecule has 0 aromatic heterocycles. The Balaban J connectivity index is -0.0000000267. The van der Waals surface area contributed by atoms with E-state index in [0.717, 1.165) is 0 Å². The van der Waals surface area contributed by atoms with E-state index in [1.165, 1.54) is 0 Å². The average molecular weight is 210 g/mol. The van der Waals surface area contributed by atoms with E-state index in [0.29, 0.717) is 0 Å². The van der Waals surface area contributed by atoms with Crippen molar-refractivity contribution in [2.75, 3.05) is 0 Å². The molecule has 0 bridgehead atoms. The maximum absolute atomic E-state index is 8.90. The third-order valence-corrected chi connectivity index (χ3v) is 0.